The van der Waals surface area contributed by atoms with E-state index in [2.05, 4.69) is 48.6 Å². The van der Waals surface area contributed by atoms with Crippen LogP contribution in [-0.4, -0.2) is 40.6 Å². The van der Waals surface area contributed by atoms with E-state index in [0.29, 0.717) is 6.54 Å². The third-order valence-electron chi connectivity index (χ3n) is 3.72. The minimum Gasteiger partial charge on any atom is -0.378 e. The van der Waals surface area contributed by atoms with Crippen LogP contribution in [0.25, 0.3) is 0 Å². The molecule has 2 aromatic rings. The Morgan fingerprint density at radius 2 is 1.91 bits per heavy atom. The Morgan fingerprint density at radius 3 is 2.41 bits per heavy atom. The average molecular weight is 318 g/mol. The number of benzene rings is 1. The highest BCUT2D eigenvalue weighted by Gasteiger charge is 2.19. The van der Waals surface area contributed by atoms with E-state index in [-0.39, 0.29) is 11.9 Å². The number of carbonyl (C=O) groups is 1. The van der Waals surface area contributed by atoms with Crippen molar-refractivity contribution in [2.45, 2.75) is 6.04 Å². The summed E-state index contributed by atoms with van der Waals surface area (Å²) in [7, 11) is 8.29. The van der Waals surface area contributed by atoms with Gasteiger partial charge in [0.25, 0.3) is 5.91 Å². The number of nitrogens with zero attached hydrogens (tertiary/aromatic N) is 1. The van der Waals surface area contributed by atoms with E-state index in [1.807, 2.05) is 31.6 Å². The monoisotopic (exact) mass is 318 g/mol. The van der Waals surface area contributed by atoms with Gasteiger partial charge in [0, 0.05) is 25.3 Å². The molecule has 1 amide bonds. The van der Waals surface area contributed by atoms with Crippen LogP contribution in [0.4, 0.5) is 5.69 Å². The number of amides is 1. The van der Waals surface area contributed by atoms with Crippen LogP contribution in [0.3, 0.4) is 0 Å². The first-order valence-electron chi connectivity index (χ1n) is 7.38. The zero-order chi connectivity index (χ0) is 16.1. The minimum atomic E-state index is 0.00571. The van der Waals surface area contributed by atoms with Gasteiger partial charge in [0.2, 0.25) is 0 Å². The first-order chi connectivity index (χ1) is 10.5. The van der Waals surface area contributed by atoms with Gasteiger partial charge < -0.3 is 15.1 Å². The summed E-state index contributed by atoms with van der Waals surface area (Å²) in [6.45, 7) is 0.625. The molecule has 0 aliphatic rings. The first-order valence-corrected chi connectivity index (χ1v) is 8.26. The van der Waals surface area contributed by atoms with Gasteiger partial charge in [0.1, 0.15) is 6.04 Å². The number of anilines is 1. The number of thiophene rings is 1. The predicted octanol–water partition coefficient (Wildman–Crippen LogP) is 1.43. The highest BCUT2D eigenvalue weighted by Crippen LogP contribution is 2.16. The van der Waals surface area contributed by atoms with E-state index in [1.165, 1.54) is 27.5 Å². The second-order valence-electron chi connectivity index (χ2n) is 5.80. The van der Waals surface area contributed by atoms with Gasteiger partial charge >= 0.3 is 0 Å². The third-order valence-corrected chi connectivity index (χ3v) is 4.59. The lowest BCUT2D eigenvalue weighted by atomic mass is 10.1. The van der Waals surface area contributed by atoms with Crippen LogP contribution in [0.2, 0.25) is 0 Å². The Bertz CT molecular complexity index is 591. The summed E-state index contributed by atoms with van der Waals surface area (Å²) in [6.07, 6.45) is 0. The quantitative estimate of drug-likeness (QED) is 0.845. The standard InChI is InChI=1S/C17H23N3OS/c1-19(2)14-9-7-13(8-10-14)15(20(3)4)12-18-17(21)16-6-5-11-22-16/h5-11,15H,12H2,1-4H3,(H,18,21)/p+1/t15-/m0/s1. The van der Waals surface area contributed by atoms with Crippen LogP contribution in [0, 0.1) is 0 Å². The van der Waals surface area contributed by atoms with Crippen molar-refractivity contribution in [1.82, 2.24) is 5.32 Å². The topological polar surface area (TPSA) is 36.8 Å². The Hall–Kier alpha value is -1.85. The molecule has 1 atom stereocenters. The molecule has 2 rings (SSSR count). The van der Waals surface area contributed by atoms with Crippen molar-refractivity contribution in [2.75, 3.05) is 39.6 Å². The molecule has 0 fully saturated rings. The number of rotatable bonds is 6. The van der Waals surface area contributed by atoms with Crippen LogP contribution >= 0.6 is 11.3 Å². The van der Waals surface area contributed by atoms with Crippen LogP contribution in [0.15, 0.2) is 41.8 Å². The van der Waals surface area contributed by atoms with Crippen molar-refractivity contribution in [3.8, 4) is 0 Å². The summed E-state index contributed by atoms with van der Waals surface area (Å²) in [5.41, 5.74) is 2.41. The minimum absolute atomic E-state index is 0.00571. The van der Waals surface area contributed by atoms with Gasteiger partial charge in [-0.3, -0.25) is 4.79 Å². The van der Waals surface area contributed by atoms with Crippen molar-refractivity contribution >= 4 is 22.9 Å². The molecule has 0 aliphatic heterocycles. The molecule has 2 N–H and O–H groups in total. The number of hydrogen-bond acceptors (Lipinski definition) is 3. The summed E-state index contributed by atoms with van der Waals surface area (Å²) in [5.74, 6) is 0.00571. The number of quaternary nitrogens is 1. The maximum atomic E-state index is 12.1. The maximum absolute atomic E-state index is 12.1. The SMILES string of the molecule is CN(C)c1ccc([C@H](CNC(=O)c2cccs2)[NH+](C)C)cc1. The summed E-state index contributed by atoms with van der Waals surface area (Å²) in [6, 6.07) is 12.5. The Kier molecular flexibility index (Phi) is 5.57. The maximum Gasteiger partial charge on any atom is 0.261 e. The highest BCUT2D eigenvalue weighted by molar-refractivity contribution is 7.12. The Morgan fingerprint density at radius 1 is 1.23 bits per heavy atom. The fourth-order valence-electron chi connectivity index (χ4n) is 2.35. The van der Waals surface area contributed by atoms with Gasteiger partial charge in [-0.15, -0.1) is 11.3 Å². The molecule has 1 aromatic carbocycles. The molecule has 118 valence electrons. The molecule has 0 bridgehead atoms. The van der Waals surface area contributed by atoms with Crippen LogP contribution in [-0.2, 0) is 0 Å². The van der Waals surface area contributed by atoms with Crippen molar-refractivity contribution in [2.24, 2.45) is 0 Å². The van der Waals surface area contributed by atoms with Crippen molar-refractivity contribution in [1.29, 1.82) is 0 Å². The van der Waals surface area contributed by atoms with Gasteiger partial charge in [-0.1, -0.05) is 18.2 Å². The lowest BCUT2D eigenvalue weighted by Crippen LogP contribution is -3.07. The number of hydrogen-bond donors (Lipinski definition) is 2. The second-order valence-corrected chi connectivity index (χ2v) is 6.75. The smallest absolute Gasteiger partial charge is 0.261 e. The fraction of sp³-hybridized carbons (Fsp3) is 0.353. The van der Waals surface area contributed by atoms with Gasteiger partial charge in [-0.2, -0.15) is 0 Å². The van der Waals surface area contributed by atoms with E-state index in [9.17, 15) is 4.79 Å². The summed E-state index contributed by atoms with van der Waals surface area (Å²) < 4.78 is 0. The molecule has 0 saturated carbocycles. The van der Waals surface area contributed by atoms with E-state index in [1.54, 1.807) is 0 Å². The largest absolute Gasteiger partial charge is 0.378 e. The lowest BCUT2D eigenvalue weighted by molar-refractivity contribution is -0.890. The molecule has 1 aromatic heterocycles. The van der Waals surface area contributed by atoms with Crippen LogP contribution < -0.4 is 15.1 Å². The van der Waals surface area contributed by atoms with Crippen molar-refractivity contribution < 1.29 is 9.69 Å². The summed E-state index contributed by atoms with van der Waals surface area (Å²) >= 11 is 1.47. The van der Waals surface area contributed by atoms with Gasteiger partial charge in [0.05, 0.1) is 25.5 Å². The summed E-state index contributed by atoms with van der Waals surface area (Å²) in [4.78, 5) is 16.2. The molecule has 22 heavy (non-hydrogen) atoms. The first kappa shape index (κ1) is 16.5. The molecule has 5 heteroatoms. The van der Waals surface area contributed by atoms with Gasteiger partial charge in [-0.05, 0) is 23.6 Å². The van der Waals surface area contributed by atoms with Gasteiger partial charge in [-0.25, -0.2) is 0 Å². The number of carbonyl (C=O) groups excluding carboxylic acids is 1. The number of likely N-dealkylation sites (N-methyl/N-ethyl adjacent to an activating group) is 1. The molecule has 0 spiro atoms. The third kappa shape index (κ3) is 4.08. The van der Waals surface area contributed by atoms with E-state index in [0.717, 1.165) is 4.88 Å². The Balaban J connectivity index is 2.05. The molecule has 1 heterocycles. The highest BCUT2D eigenvalue weighted by atomic mass is 32.1. The molecule has 0 unspecified atom stereocenters. The van der Waals surface area contributed by atoms with E-state index in [4.69, 9.17) is 0 Å². The molecular formula is C17H24N3OS+. The summed E-state index contributed by atoms with van der Waals surface area (Å²) in [5, 5.41) is 4.96. The molecular weight excluding hydrogens is 294 g/mol. The molecule has 0 aliphatic carbocycles. The van der Waals surface area contributed by atoms with Gasteiger partial charge in [0.15, 0.2) is 0 Å². The predicted molar refractivity (Wildman–Crippen MR) is 93.0 cm³/mol. The fourth-order valence-corrected chi connectivity index (χ4v) is 2.99. The zero-order valence-corrected chi connectivity index (χ0v) is 14.4. The second kappa shape index (κ2) is 7.42. The molecule has 4 nitrogen and oxygen atoms in total. The average Bonchev–Trinajstić information content (AvgIpc) is 3.01. The zero-order valence-electron chi connectivity index (χ0n) is 13.6. The van der Waals surface area contributed by atoms with Crippen LogP contribution in [0.1, 0.15) is 21.3 Å². The van der Waals surface area contributed by atoms with Crippen LogP contribution in [0.5, 0.6) is 0 Å². The normalized spacial score (nSPS) is 12.2. The van der Waals surface area contributed by atoms with E-state index >= 15 is 0 Å². The van der Waals surface area contributed by atoms with Crippen molar-refractivity contribution in [3.63, 3.8) is 0 Å². The lowest BCUT2D eigenvalue weighted by Gasteiger charge is -2.23. The Labute approximate surface area is 136 Å². The van der Waals surface area contributed by atoms with E-state index < -0.39 is 0 Å². The number of nitrogens with one attached hydrogen (secondary N) is 2. The molecule has 0 saturated heterocycles. The molecule has 0 radical (unpaired) electrons. The van der Waals surface area contributed by atoms with Crippen molar-refractivity contribution in [3.05, 3.63) is 52.2 Å².